The minimum absolute atomic E-state index is 0.0593. The van der Waals surface area contributed by atoms with Crippen molar-refractivity contribution in [3.8, 4) is 23.0 Å². The number of pyridine rings is 1. The molecule has 0 spiro atoms. The summed E-state index contributed by atoms with van der Waals surface area (Å²) in [6.07, 6.45) is 1.23. The maximum atomic E-state index is 14.8. The second-order valence-corrected chi connectivity index (χ2v) is 8.15. The van der Waals surface area contributed by atoms with Crippen molar-refractivity contribution < 1.29 is 32.2 Å². The molecule has 0 saturated carbocycles. The molecule has 0 aliphatic rings. The van der Waals surface area contributed by atoms with E-state index >= 15 is 0 Å². The van der Waals surface area contributed by atoms with E-state index < -0.39 is 23.4 Å². The number of thiocarbonyl (C=S) groups is 1. The summed E-state index contributed by atoms with van der Waals surface area (Å²) in [5, 5.41) is 5.54. The number of rotatable bonds is 7. The fourth-order valence-corrected chi connectivity index (χ4v) is 3.78. The van der Waals surface area contributed by atoms with Crippen molar-refractivity contribution in [3.63, 3.8) is 0 Å². The number of fused-ring (bicyclic) bond motifs is 1. The number of hydrogen-bond acceptors (Lipinski definition) is 6. The van der Waals surface area contributed by atoms with Crippen LogP contribution in [-0.4, -0.2) is 30.2 Å². The fourth-order valence-electron chi connectivity index (χ4n) is 3.55. The molecule has 3 aromatic carbocycles. The molecule has 4 rings (SSSR count). The van der Waals surface area contributed by atoms with Gasteiger partial charge >= 0.3 is 0 Å². The van der Waals surface area contributed by atoms with Crippen LogP contribution in [0.3, 0.4) is 0 Å². The summed E-state index contributed by atoms with van der Waals surface area (Å²) < 4.78 is 57.9. The lowest BCUT2D eigenvalue weighted by molar-refractivity contribution is -0.119. The number of nitrogens with one attached hydrogen (secondary N) is 2. The largest absolute Gasteiger partial charge is 0.493 e. The number of aromatic nitrogens is 1. The summed E-state index contributed by atoms with van der Waals surface area (Å²) >= 11 is 5.08. The van der Waals surface area contributed by atoms with E-state index in [-0.39, 0.29) is 28.5 Å². The Bertz CT molecular complexity index is 1480. The van der Waals surface area contributed by atoms with Gasteiger partial charge in [-0.05, 0) is 54.2 Å². The number of hydrogen-bond donors (Lipinski definition) is 2. The Morgan fingerprint density at radius 2 is 1.59 bits per heavy atom. The van der Waals surface area contributed by atoms with Gasteiger partial charge in [0.25, 0.3) is 0 Å². The van der Waals surface area contributed by atoms with Gasteiger partial charge in [0.05, 0.1) is 26.2 Å². The van der Waals surface area contributed by atoms with Crippen LogP contribution in [0.2, 0.25) is 0 Å². The third kappa shape index (κ3) is 6.25. The molecule has 2 N–H and O–H groups in total. The minimum atomic E-state index is -0.792. The van der Waals surface area contributed by atoms with Crippen molar-refractivity contribution in [2.24, 2.45) is 0 Å². The van der Waals surface area contributed by atoms with Gasteiger partial charge < -0.3 is 24.8 Å². The van der Waals surface area contributed by atoms with E-state index in [0.717, 1.165) is 18.2 Å². The number of carbonyl (C=O) groups excluding carboxylic acids is 1. The molecule has 0 aliphatic heterocycles. The molecule has 0 bridgehead atoms. The summed E-state index contributed by atoms with van der Waals surface area (Å²) in [5.74, 6) is -1.63. The molecule has 1 amide bonds. The van der Waals surface area contributed by atoms with Crippen LogP contribution in [0.4, 0.5) is 18.9 Å². The topological polar surface area (TPSA) is 81.7 Å². The number of amides is 1. The average molecular weight is 528 g/mol. The first-order valence-corrected chi connectivity index (χ1v) is 11.2. The van der Waals surface area contributed by atoms with Crippen LogP contribution in [0.15, 0.2) is 60.8 Å². The summed E-state index contributed by atoms with van der Waals surface area (Å²) in [5.41, 5.74) is 0.957. The first-order valence-electron chi connectivity index (χ1n) is 10.8. The highest BCUT2D eigenvalue weighted by atomic mass is 32.1. The van der Waals surface area contributed by atoms with Gasteiger partial charge in [0, 0.05) is 35.5 Å². The molecule has 1 heterocycles. The molecule has 0 saturated heterocycles. The zero-order valence-corrected chi connectivity index (χ0v) is 20.4. The van der Waals surface area contributed by atoms with Gasteiger partial charge in [-0.2, -0.15) is 0 Å². The summed E-state index contributed by atoms with van der Waals surface area (Å²) in [6, 6.07) is 11.8. The van der Waals surface area contributed by atoms with Crippen LogP contribution in [0, 0.1) is 17.5 Å². The zero-order valence-electron chi connectivity index (χ0n) is 19.6. The second kappa shape index (κ2) is 11.1. The van der Waals surface area contributed by atoms with Gasteiger partial charge in [0.15, 0.2) is 28.2 Å². The van der Waals surface area contributed by atoms with Crippen LogP contribution in [0.1, 0.15) is 5.56 Å². The Morgan fingerprint density at radius 1 is 0.892 bits per heavy atom. The number of nitrogens with zero attached hydrogens (tertiary/aromatic N) is 1. The van der Waals surface area contributed by atoms with Gasteiger partial charge in [-0.3, -0.25) is 9.78 Å². The molecule has 0 unspecified atom stereocenters. The monoisotopic (exact) mass is 527 g/mol. The molecule has 0 atom stereocenters. The maximum absolute atomic E-state index is 14.8. The van der Waals surface area contributed by atoms with E-state index in [4.69, 9.17) is 26.4 Å². The summed E-state index contributed by atoms with van der Waals surface area (Å²) in [6.45, 7) is 0. The van der Waals surface area contributed by atoms with Gasteiger partial charge in [0.2, 0.25) is 5.91 Å². The Labute approximate surface area is 215 Å². The smallest absolute Gasteiger partial charge is 0.230 e. The van der Waals surface area contributed by atoms with Crippen molar-refractivity contribution in [1.82, 2.24) is 10.3 Å². The summed E-state index contributed by atoms with van der Waals surface area (Å²) in [7, 11) is 3.01. The Balaban J connectivity index is 1.44. The van der Waals surface area contributed by atoms with E-state index in [1.807, 2.05) is 0 Å². The molecule has 7 nitrogen and oxygen atoms in total. The molecule has 1 aromatic heterocycles. The molecule has 0 fully saturated rings. The van der Waals surface area contributed by atoms with Crippen molar-refractivity contribution in [2.45, 2.75) is 6.42 Å². The number of methoxy groups -OCH3 is 2. The van der Waals surface area contributed by atoms with Crippen molar-refractivity contribution in [2.75, 3.05) is 19.5 Å². The highest BCUT2D eigenvalue weighted by molar-refractivity contribution is 7.80. The first-order chi connectivity index (χ1) is 17.7. The van der Waals surface area contributed by atoms with E-state index in [2.05, 4.69) is 15.6 Å². The number of anilines is 1. The Morgan fingerprint density at radius 3 is 2.27 bits per heavy atom. The molecule has 4 aromatic rings. The van der Waals surface area contributed by atoms with E-state index in [1.54, 1.807) is 18.2 Å². The van der Waals surface area contributed by atoms with Gasteiger partial charge in [-0.15, -0.1) is 0 Å². The second-order valence-electron chi connectivity index (χ2n) is 7.74. The third-order valence-corrected chi connectivity index (χ3v) is 5.36. The zero-order chi connectivity index (χ0) is 26.5. The quantitative estimate of drug-likeness (QED) is 0.307. The highest BCUT2D eigenvalue weighted by Crippen LogP contribution is 2.37. The lowest BCUT2D eigenvalue weighted by Crippen LogP contribution is -2.35. The lowest BCUT2D eigenvalue weighted by Gasteiger charge is -2.14. The average Bonchev–Trinajstić information content (AvgIpc) is 2.84. The third-order valence-electron chi connectivity index (χ3n) is 5.16. The van der Waals surface area contributed by atoms with Crippen LogP contribution >= 0.6 is 12.2 Å². The molecule has 11 heteroatoms. The SMILES string of the molecule is COc1cc2nccc(Oc3ccc(NC(=S)NC(=O)Cc4cc(F)cc(F)c4)cc3F)c2cc1OC. The van der Waals surface area contributed by atoms with Crippen LogP contribution in [-0.2, 0) is 11.2 Å². The fraction of sp³-hybridized carbons (Fsp3) is 0.115. The minimum Gasteiger partial charge on any atom is -0.493 e. The standard InChI is InChI=1S/C26H20F3N3O4S/c1-34-23-12-18-20(13-24(23)35-2)30-6-5-21(18)36-22-4-3-17(11-19(22)29)31-26(37)32-25(33)9-14-7-15(27)10-16(28)8-14/h3-8,10-13H,9H2,1-2H3,(H2,31,32,33,37). The van der Waals surface area contributed by atoms with Gasteiger partial charge in [-0.25, -0.2) is 13.2 Å². The highest BCUT2D eigenvalue weighted by Gasteiger charge is 2.14. The van der Waals surface area contributed by atoms with Gasteiger partial charge in [0.1, 0.15) is 17.4 Å². The molecule has 37 heavy (non-hydrogen) atoms. The normalized spacial score (nSPS) is 10.6. The van der Waals surface area contributed by atoms with Gasteiger partial charge in [-0.1, -0.05) is 0 Å². The van der Waals surface area contributed by atoms with E-state index in [1.165, 1.54) is 32.5 Å². The van der Waals surface area contributed by atoms with Crippen molar-refractivity contribution >= 4 is 39.8 Å². The van der Waals surface area contributed by atoms with Crippen molar-refractivity contribution in [1.29, 1.82) is 0 Å². The molecular weight excluding hydrogens is 507 g/mol. The van der Waals surface area contributed by atoms with E-state index in [0.29, 0.717) is 34.2 Å². The molecule has 0 radical (unpaired) electrons. The number of carbonyl (C=O) groups is 1. The number of ether oxygens (including phenoxy) is 3. The van der Waals surface area contributed by atoms with E-state index in [9.17, 15) is 18.0 Å². The predicted molar refractivity (Wildman–Crippen MR) is 136 cm³/mol. The Kier molecular flexibility index (Phi) is 7.73. The number of benzene rings is 3. The first kappa shape index (κ1) is 25.7. The van der Waals surface area contributed by atoms with Crippen LogP contribution in [0.25, 0.3) is 10.9 Å². The predicted octanol–water partition coefficient (Wildman–Crippen LogP) is 5.52. The number of halogens is 3. The van der Waals surface area contributed by atoms with Crippen molar-refractivity contribution in [3.05, 3.63) is 83.8 Å². The van der Waals surface area contributed by atoms with Crippen LogP contribution in [0.5, 0.6) is 23.0 Å². The van der Waals surface area contributed by atoms with Crippen LogP contribution < -0.4 is 24.8 Å². The Hall–Kier alpha value is -4.38. The molecule has 0 aliphatic carbocycles. The lowest BCUT2D eigenvalue weighted by atomic mass is 10.1. The molecular formula is C26H20F3N3O4S. The maximum Gasteiger partial charge on any atom is 0.230 e. The summed E-state index contributed by atoms with van der Waals surface area (Å²) in [4.78, 5) is 16.4. The molecule has 190 valence electrons.